The van der Waals surface area contributed by atoms with Crippen LogP contribution in [0.15, 0.2) is 54.6 Å². The van der Waals surface area contributed by atoms with Crippen LogP contribution in [-0.4, -0.2) is 25.4 Å². The van der Waals surface area contributed by atoms with Crippen LogP contribution in [0.1, 0.15) is 51.7 Å². The minimum atomic E-state index is -0.326. The van der Waals surface area contributed by atoms with Crippen molar-refractivity contribution in [3.63, 3.8) is 0 Å². The molecule has 0 aliphatic carbocycles. The molecular formula is C22H29BO3. The lowest BCUT2D eigenvalue weighted by Gasteiger charge is -2.32. The molecule has 2 aromatic carbocycles. The lowest BCUT2D eigenvalue weighted by molar-refractivity contribution is 0.00578. The second-order valence-electron chi connectivity index (χ2n) is 8.15. The molecule has 3 nitrogen and oxygen atoms in total. The molecule has 4 heteroatoms. The van der Waals surface area contributed by atoms with Crippen molar-refractivity contribution in [2.45, 2.75) is 57.6 Å². The van der Waals surface area contributed by atoms with Crippen molar-refractivity contribution in [2.24, 2.45) is 0 Å². The minimum Gasteiger partial charge on any atom is -0.497 e. The van der Waals surface area contributed by atoms with Gasteiger partial charge < -0.3 is 14.0 Å². The van der Waals surface area contributed by atoms with Gasteiger partial charge >= 0.3 is 7.12 Å². The van der Waals surface area contributed by atoms with Crippen molar-refractivity contribution in [3.05, 3.63) is 65.7 Å². The Morgan fingerprint density at radius 2 is 1.31 bits per heavy atom. The Balaban J connectivity index is 1.96. The average molecular weight is 352 g/mol. The van der Waals surface area contributed by atoms with E-state index in [-0.39, 0.29) is 30.1 Å². The number of methoxy groups -OCH3 is 1. The first-order valence-corrected chi connectivity index (χ1v) is 9.30. The summed E-state index contributed by atoms with van der Waals surface area (Å²) in [6.45, 7) is 10.6. The summed E-state index contributed by atoms with van der Waals surface area (Å²) in [4.78, 5) is 0. The van der Waals surface area contributed by atoms with E-state index < -0.39 is 0 Å². The molecular weight excluding hydrogens is 323 g/mol. The first-order valence-electron chi connectivity index (χ1n) is 9.30. The fraction of sp³-hybridized carbons (Fsp3) is 0.455. The molecule has 2 atom stereocenters. The highest BCUT2D eigenvalue weighted by Crippen LogP contribution is 2.46. The molecule has 3 rings (SSSR count). The van der Waals surface area contributed by atoms with Crippen LogP contribution in [0.5, 0.6) is 5.75 Å². The molecule has 0 radical (unpaired) electrons. The number of hydrogen-bond donors (Lipinski definition) is 0. The summed E-state index contributed by atoms with van der Waals surface area (Å²) >= 11 is 0. The zero-order chi connectivity index (χ0) is 18.9. The van der Waals surface area contributed by atoms with Gasteiger partial charge in [0.1, 0.15) is 5.75 Å². The zero-order valence-corrected chi connectivity index (χ0v) is 16.7. The molecule has 1 saturated heterocycles. The highest BCUT2D eigenvalue weighted by molar-refractivity contribution is 6.47. The van der Waals surface area contributed by atoms with Gasteiger partial charge in [0.25, 0.3) is 0 Å². The third kappa shape index (κ3) is 3.53. The van der Waals surface area contributed by atoms with E-state index in [4.69, 9.17) is 14.0 Å². The highest BCUT2D eigenvalue weighted by Gasteiger charge is 2.54. The smallest absolute Gasteiger partial charge is 0.461 e. The Morgan fingerprint density at radius 1 is 0.808 bits per heavy atom. The van der Waals surface area contributed by atoms with Crippen LogP contribution in [0.25, 0.3) is 0 Å². The molecule has 1 aliphatic heterocycles. The topological polar surface area (TPSA) is 27.7 Å². The molecule has 0 N–H and O–H groups in total. The summed E-state index contributed by atoms with van der Waals surface area (Å²) < 4.78 is 18.0. The predicted molar refractivity (Wildman–Crippen MR) is 107 cm³/mol. The molecule has 1 heterocycles. The van der Waals surface area contributed by atoms with Crippen LogP contribution in [0, 0.1) is 0 Å². The van der Waals surface area contributed by atoms with Crippen LogP contribution in [0.3, 0.4) is 0 Å². The quantitative estimate of drug-likeness (QED) is 0.683. The zero-order valence-electron chi connectivity index (χ0n) is 16.7. The van der Waals surface area contributed by atoms with Gasteiger partial charge in [0, 0.05) is 11.7 Å². The van der Waals surface area contributed by atoms with E-state index >= 15 is 0 Å². The molecule has 0 saturated carbocycles. The fourth-order valence-corrected chi connectivity index (χ4v) is 3.53. The van der Waals surface area contributed by atoms with Crippen LogP contribution in [-0.2, 0) is 9.31 Å². The Kier molecular flexibility index (Phi) is 5.18. The summed E-state index contributed by atoms with van der Waals surface area (Å²) in [6, 6.07) is 18.9. The van der Waals surface area contributed by atoms with Crippen LogP contribution < -0.4 is 4.74 Å². The SMILES string of the molecule is COc1ccc([C@H](c2ccccc2)[C@@H](C)B2OC(C)(C)C(C)(C)O2)cc1. The molecule has 2 aromatic rings. The number of hydrogen-bond acceptors (Lipinski definition) is 3. The van der Waals surface area contributed by atoms with Gasteiger partial charge in [-0.1, -0.05) is 49.4 Å². The highest BCUT2D eigenvalue weighted by atomic mass is 16.7. The maximum Gasteiger partial charge on any atom is 0.461 e. The Morgan fingerprint density at radius 3 is 1.81 bits per heavy atom. The average Bonchev–Trinajstić information content (AvgIpc) is 2.84. The Bertz CT molecular complexity index is 709. The predicted octanol–water partition coefficient (Wildman–Crippen LogP) is 5.31. The van der Waals surface area contributed by atoms with Crippen molar-refractivity contribution in [1.82, 2.24) is 0 Å². The van der Waals surface area contributed by atoms with E-state index in [1.165, 1.54) is 11.1 Å². The molecule has 0 amide bonds. The van der Waals surface area contributed by atoms with Gasteiger partial charge in [-0.3, -0.25) is 0 Å². The van der Waals surface area contributed by atoms with Gasteiger partial charge in [0.2, 0.25) is 0 Å². The third-order valence-corrected chi connectivity index (χ3v) is 5.86. The largest absolute Gasteiger partial charge is 0.497 e. The monoisotopic (exact) mass is 352 g/mol. The van der Waals surface area contributed by atoms with Crippen molar-refractivity contribution >= 4 is 7.12 Å². The molecule has 0 spiro atoms. The standard InChI is InChI=1S/C22H29BO3/c1-16(23-25-21(2,3)22(4,5)26-23)20(17-10-8-7-9-11-17)18-12-14-19(24-6)15-13-18/h7-16,20H,1-6H3/t16-,20+/m1/s1. The first-order chi connectivity index (χ1) is 12.2. The lowest BCUT2D eigenvalue weighted by atomic mass is 9.62. The molecule has 0 aromatic heterocycles. The van der Waals surface area contributed by atoms with Gasteiger partial charge in [0.05, 0.1) is 18.3 Å². The Hall–Kier alpha value is -1.78. The summed E-state index contributed by atoms with van der Waals surface area (Å²) in [5, 5.41) is 0. The molecule has 1 aliphatic rings. The fourth-order valence-electron chi connectivity index (χ4n) is 3.53. The van der Waals surface area contributed by atoms with Gasteiger partial charge in [0.15, 0.2) is 0 Å². The van der Waals surface area contributed by atoms with E-state index in [2.05, 4.69) is 71.0 Å². The lowest BCUT2D eigenvalue weighted by Crippen LogP contribution is -2.41. The van der Waals surface area contributed by atoms with E-state index in [0.29, 0.717) is 0 Å². The molecule has 26 heavy (non-hydrogen) atoms. The summed E-state index contributed by atoms with van der Waals surface area (Å²) in [6.07, 6.45) is 0. The normalized spacial score (nSPS) is 20.6. The molecule has 0 unspecified atom stereocenters. The van der Waals surface area contributed by atoms with E-state index in [0.717, 1.165) is 5.75 Å². The summed E-state index contributed by atoms with van der Waals surface area (Å²) in [7, 11) is 1.43. The Labute approximate surface area is 157 Å². The van der Waals surface area contributed by atoms with Crippen LogP contribution >= 0.6 is 0 Å². The van der Waals surface area contributed by atoms with E-state index in [1.54, 1.807) is 7.11 Å². The first kappa shape index (κ1) is 19.0. The van der Waals surface area contributed by atoms with Gasteiger partial charge in [-0.25, -0.2) is 0 Å². The molecule has 0 bridgehead atoms. The molecule has 138 valence electrons. The van der Waals surface area contributed by atoms with E-state index in [9.17, 15) is 0 Å². The second-order valence-corrected chi connectivity index (χ2v) is 8.15. The van der Waals surface area contributed by atoms with E-state index in [1.807, 2.05) is 18.2 Å². The maximum absolute atomic E-state index is 6.35. The molecule has 1 fully saturated rings. The van der Waals surface area contributed by atoms with Crippen molar-refractivity contribution in [2.75, 3.05) is 7.11 Å². The van der Waals surface area contributed by atoms with Crippen molar-refractivity contribution in [1.29, 1.82) is 0 Å². The van der Waals surface area contributed by atoms with Crippen LogP contribution in [0.2, 0.25) is 5.82 Å². The van der Waals surface area contributed by atoms with Crippen molar-refractivity contribution < 1.29 is 14.0 Å². The van der Waals surface area contributed by atoms with Gasteiger partial charge in [-0.05, 0) is 51.0 Å². The number of rotatable bonds is 5. The minimum absolute atomic E-state index is 0.159. The number of benzene rings is 2. The van der Waals surface area contributed by atoms with Gasteiger partial charge in [-0.2, -0.15) is 0 Å². The van der Waals surface area contributed by atoms with Crippen molar-refractivity contribution in [3.8, 4) is 5.75 Å². The third-order valence-electron chi connectivity index (χ3n) is 5.86. The number of ether oxygens (including phenoxy) is 1. The maximum atomic E-state index is 6.35. The van der Waals surface area contributed by atoms with Gasteiger partial charge in [-0.15, -0.1) is 0 Å². The second kappa shape index (κ2) is 7.09. The summed E-state index contributed by atoms with van der Waals surface area (Å²) in [5.74, 6) is 1.20. The van der Waals surface area contributed by atoms with Crippen LogP contribution in [0.4, 0.5) is 0 Å². The summed E-state index contributed by atoms with van der Waals surface area (Å²) in [5.41, 5.74) is 1.85.